The van der Waals surface area contributed by atoms with Crippen molar-refractivity contribution in [2.45, 2.75) is 38.7 Å². The van der Waals surface area contributed by atoms with Crippen molar-refractivity contribution < 1.29 is 19.4 Å². The average molecular weight is 345 g/mol. The van der Waals surface area contributed by atoms with Crippen LogP contribution in [0, 0.1) is 0 Å². The third kappa shape index (κ3) is 3.83. The lowest BCUT2D eigenvalue weighted by Gasteiger charge is -2.32. The molecule has 2 atom stereocenters. The zero-order valence-corrected chi connectivity index (χ0v) is 14.5. The highest BCUT2D eigenvalue weighted by atomic mass is 16.7. The highest BCUT2D eigenvalue weighted by Gasteiger charge is 2.33. The number of carbonyl (C=O) groups is 1. The Morgan fingerprint density at radius 1 is 1.44 bits per heavy atom. The van der Waals surface area contributed by atoms with Crippen LogP contribution >= 0.6 is 0 Å². The van der Waals surface area contributed by atoms with Gasteiger partial charge in [0.15, 0.2) is 0 Å². The summed E-state index contributed by atoms with van der Waals surface area (Å²) in [6, 6.07) is 5.34. The topological polar surface area (TPSA) is 76.8 Å². The SMILES string of the molecule is CCCCO[C@@H]1Oc2ccc([C@@H](O)Cn3ccnc3)cc2N(C)C1=O. The van der Waals surface area contributed by atoms with E-state index in [1.165, 1.54) is 4.90 Å². The first kappa shape index (κ1) is 17.4. The third-order valence-corrected chi connectivity index (χ3v) is 4.21. The van der Waals surface area contributed by atoms with Gasteiger partial charge in [0.25, 0.3) is 12.2 Å². The lowest BCUT2D eigenvalue weighted by Crippen LogP contribution is -2.45. The van der Waals surface area contributed by atoms with Crippen LogP contribution in [0.1, 0.15) is 31.4 Å². The molecule has 2 heterocycles. The number of amides is 1. The Labute approximate surface area is 146 Å². The van der Waals surface area contributed by atoms with Crippen molar-refractivity contribution in [2.75, 3.05) is 18.6 Å². The molecule has 0 bridgehead atoms. The monoisotopic (exact) mass is 345 g/mol. The normalized spacial score (nSPS) is 18.0. The van der Waals surface area contributed by atoms with E-state index in [0.717, 1.165) is 12.8 Å². The summed E-state index contributed by atoms with van der Waals surface area (Å²) in [6.07, 6.45) is 5.36. The first-order chi connectivity index (χ1) is 12.1. The molecular weight excluding hydrogens is 322 g/mol. The van der Waals surface area contributed by atoms with Gasteiger partial charge in [-0.1, -0.05) is 19.4 Å². The minimum Gasteiger partial charge on any atom is -0.453 e. The molecule has 1 N–H and O–H groups in total. The molecule has 0 radical (unpaired) electrons. The van der Waals surface area contributed by atoms with Crippen molar-refractivity contribution in [3.8, 4) is 5.75 Å². The van der Waals surface area contributed by atoms with Gasteiger partial charge in [-0.2, -0.15) is 0 Å². The number of unbranched alkanes of at least 4 members (excludes halogenated alkanes) is 1. The smallest absolute Gasteiger partial charge is 0.296 e. The third-order valence-electron chi connectivity index (χ3n) is 4.21. The van der Waals surface area contributed by atoms with Gasteiger partial charge in [-0.25, -0.2) is 4.98 Å². The van der Waals surface area contributed by atoms with E-state index in [0.29, 0.717) is 30.2 Å². The number of rotatable bonds is 7. The number of benzene rings is 1. The Morgan fingerprint density at radius 2 is 2.28 bits per heavy atom. The minimum atomic E-state index is -0.911. The van der Waals surface area contributed by atoms with Gasteiger partial charge in [-0.15, -0.1) is 0 Å². The molecule has 0 spiro atoms. The summed E-state index contributed by atoms with van der Waals surface area (Å²) >= 11 is 0. The van der Waals surface area contributed by atoms with Crippen LogP contribution in [0.2, 0.25) is 0 Å². The van der Waals surface area contributed by atoms with E-state index in [1.807, 2.05) is 0 Å². The van der Waals surface area contributed by atoms with Gasteiger partial charge in [0.1, 0.15) is 5.75 Å². The molecule has 1 amide bonds. The molecule has 2 aromatic rings. The van der Waals surface area contributed by atoms with Crippen molar-refractivity contribution in [1.29, 1.82) is 0 Å². The second kappa shape index (κ2) is 7.67. The molecule has 0 saturated carbocycles. The van der Waals surface area contributed by atoms with Crippen molar-refractivity contribution >= 4 is 11.6 Å². The molecule has 7 nitrogen and oxygen atoms in total. The maximum Gasteiger partial charge on any atom is 0.296 e. The maximum atomic E-state index is 12.4. The van der Waals surface area contributed by atoms with Crippen molar-refractivity contribution in [3.05, 3.63) is 42.5 Å². The number of likely N-dealkylation sites (N-methyl/N-ethyl adjacent to an activating group) is 1. The Balaban J connectivity index is 1.75. The Bertz CT molecular complexity index is 717. The first-order valence-corrected chi connectivity index (χ1v) is 8.43. The molecule has 0 saturated heterocycles. The van der Waals surface area contributed by atoms with E-state index in [9.17, 15) is 9.90 Å². The molecule has 1 aliphatic rings. The van der Waals surface area contributed by atoms with Gasteiger partial charge >= 0.3 is 0 Å². The van der Waals surface area contributed by atoms with Gasteiger partial charge in [-0.05, 0) is 24.1 Å². The molecule has 3 rings (SSSR count). The van der Waals surface area contributed by atoms with E-state index in [2.05, 4.69) is 11.9 Å². The zero-order valence-electron chi connectivity index (χ0n) is 14.5. The van der Waals surface area contributed by atoms with Crippen LogP contribution in [-0.4, -0.2) is 40.5 Å². The number of ether oxygens (including phenoxy) is 2. The number of aliphatic hydroxyl groups is 1. The summed E-state index contributed by atoms with van der Waals surface area (Å²) in [4.78, 5) is 17.9. The quantitative estimate of drug-likeness (QED) is 0.778. The minimum absolute atomic E-state index is 0.246. The highest BCUT2D eigenvalue weighted by molar-refractivity contribution is 5.98. The number of imidazole rings is 1. The molecule has 7 heteroatoms. The van der Waals surface area contributed by atoms with Crippen LogP contribution < -0.4 is 9.64 Å². The van der Waals surface area contributed by atoms with E-state index in [1.54, 1.807) is 48.5 Å². The molecule has 134 valence electrons. The summed E-state index contributed by atoms with van der Waals surface area (Å²) in [5.41, 5.74) is 1.34. The number of carbonyl (C=O) groups excluding carboxylic acids is 1. The lowest BCUT2D eigenvalue weighted by atomic mass is 10.1. The number of nitrogens with zero attached hydrogens (tertiary/aromatic N) is 3. The number of fused-ring (bicyclic) bond motifs is 1. The molecule has 0 fully saturated rings. The fourth-order valence-electron chi connectivity index (χ4n) is 2.69. The van der Waals surface area contributed by atoms with Crippen LogP contribution in [0.3, 0.4) is 0 Å². The van der Waals surface area contributed by atoms with Gasteiger partial charge in [0.2, 0.25) is 0 Å². The molecular formula is C18H23N3O4. The summed E-state index contributed by atoms with van der Waals surface area (Å²) in [7, 11) is 1.69. The van der Waals surface area contributed by atoms with Gasteiger partial charge in [0, 0.05) is 19.4 Å². The molecule has 0 unspecified atom stereocenters. The van der Waals surface area contributed by atoms with Crippen LogP contribution in [0.25, 0.3) is 0 Å². The Kier molecular flexibility index (Phi) is 5.35. The van der Waals surface area contributed by atoms with Crippen molar-refractivity contribution in [2.24, 2.45) is 0 Å². The Morgan fingerprint density at radius 3 is 3.00 bits per heavy atom. The second-order valence-corrected chi connectivity index (χ2v) is 6.07. The van der Waals surface area contributed by atoms with E-state index in [-0.39, 0.29) is 5.91 Å². The summed E-state index contributed by atoms with van der Waals surface area (Å²) in [5, 5.41) is 10.4. The predicted molar refractivity (Wildman–Crippen MR) is 92.3 cm³/mol. The number of aromatic nitrogens is 2. The van der Waals surface area contributed by atoms with Gasteiger partial charge < -0.3 is 24.0 Å². The molecule has 1 aliphatic heterocycles. The summed E-state index contributed by atoms with van der Waals surface area (Å²) < 4.78 is 13.0. The van der Waals surface area contributed by atoms with Crippen LogP contribution in [0.4, 0.5) is 5.69 Å². The first-order valence-electron chi connectivity index (χ1n) is 8.43. The lowest BCUT2D eigenvalue weighted by molar-refractivity contribution is -0.151. The van der Waals surface area contributed by atoms with Crippen molar-refractivity contribution in [3.63, 3.8) is 0 Å². The number of anilines is 1. The predicted octanol–water partition coefficient (Wildman–Crippen LogP) is 2.11. The summed E-state index contributed by atoms with van der Waals surface area (Å²) in [6.45, 7) is 2.93. The summed E-state index contributed by atoms with van der Waals surface area (Å²) in [5.74, 6) is 0.326. The zero-order chi connectivity index (χ0) is 17.8. The fourth-order valence-corrected chi connectivity index (χ4v) is 2.69. The van der Waals surface area contributed by atoms with Crippen LogP contribution in [0.15, 0.2) is 36.9 Å². The largest absolute Gasteiger partial charge is 0.453 e. The van der Waals surface area contributed by atoms with E-state index in [4.69, 9.17) is 9.47 Å². The molecule has 1 aromatic heterocycles. The Hall–Kier alpha value is -2.38. The van der Waals surface area contributed by atoms with Crippen LogP contribution in [-0.2, 0) is 16.1 Å². The number of hydrogen-bond donors (Lipinski definition) is 1. The van der Waals surface area contributed by atoms with E-state index >= 15 is 0 Å². The fraction of sp³-hybridized carbons (Fsp3) is 0.444. The molecule has 0 aliphatic carbocycles. The van der Waals surface area contributed by atoms with E-state index < -0.39 is 12.4 Å². The standard InChI is InChI=1S/C18H23N3O4/c1-3-4-9-24-18-17(23)20(2)14-10-13(5-6-16(14)25-18)15(22)11-21-8-7-19-12-21/h5-8,10,12,15,18,22H,3-4,9,11H2,1-2H3/t15-,18+/m0/s1. The second-order valence-electron chi connectivity index (χ2n) is 6.07. The number of hydrogen-bond acceptors (Lipinski definition) is 5. The van der Waals surface area contributed by atoms with Gasteiger partial charge in [0.05, 0.1) is 31.3 Å². The molecule has 1 aromatic carbocycles. The van der Waals surface area contributed by atoms with Crippen LogP contribution in [0.5, 0.6) is 5.75 Å². The average Bonchev–Trinajstić information content (AvgIpc) is 3.12. The maximum absolute atomic E-state index is 12.4. The van der Waals surface area contributed by atoms with Gasteiger partial charge in [-0.3, -0.25) is 4.79 Å². The van der Waals surface area contributed by atoms with Crippen molar-refractivity contribution in [1.82, 2.24) is 9.55 Å². The highest BCUT2D eigenvalue weighted by Crippen LogP contribution is 2.36. The number of aliphatic hydroxyl groups excluding tert-OH is 1. The molecule has 25 heavy (non-hydrogen) atoms.